The first-order valence-electron chi connectivity index (χ1n) is 6.63. The number of carbonyl (C=O) groups is 2. The van der Waals surface area contributed by atoms with Gasteiger partial charge in [-0.25, -0.2) is 4.79 Å². The van der Waals surface area contributed by atoms with Gasteiger partial charge in [-0.1, -0.05) is 13.0 Å². The van der Waals surface area contributed by atoms with Crippen molar-refractivity contribution in [2.24, 2.45) is 0 Å². The summed E-state index contributed by atoms with van der Waals surface area (Å²) in [6, 6.07) is 5.03. The molecule has 0 aliphatic heterocycles. The molecule has 110 valence electrons. The smallest absolute Gasteiger partial charge is 0.339 e. The second-order valence-electron chi connectivity index (χ2n) is 4.52. The van der Waals surface area contributed by atoms with Gasteiger partial charge in [-0.3, -0.25) is 4.79 Å². The quantitative estimate of drug-likeness (QED) is 0.810. The molecule has 0 fully saturated rings. The Morgan fingerprint density at radius 1 is 1.35 bits per heavy atom. The van der Waals surface area contributed by atoms with E-state index in [4.69, 9.17) is 9.47 Å². The lowest BCUT2D eigenvalue weighted by Crippen LogP contribution is -2.36. The molecule has 0 spiro atoms. The summed E-state index contributed by atoms with van der Waals surface area (Å²) in [5.41, 5.74) is 1.29. The minimum Gasteiger partial charge on any atom is -0.496 e. The number of esters is 1. The second-order valence-corrected chi connectivity index (χ2v) is 4.52. The third-order valence-corrected chi connectivity index (χ3v) is 2.85. The number of rotatable bonds is 6. The third-order valence-electron chi connectivity index (χ3n) is 2.85. The second kappa shape index (κ2) is 7.53. The number of hydrogen-bond acceptors (Lipinski definition) is 4. The van der Waals surface area contributed by atoms with Crippen LogP contribution in [0.4, 0.5) is 0 Å². The maximum absolute atomic E-state index is 12.0. The monoisotopic (exact) mass is 279 g/mol. The van der Waals surface area contributed by atoms with Gasteiger partial charge in [-0.15, -0.1) is 0 Å². The Hall–Kier alpha value is -2.04. The normalized spacial score (nSPS) is 11.6. The maximum atomic E-state index is 12.0. The first kappa shape index (κ1) is 16.0. The third kappa shape index (κ3) is 4.26. The lowest BCUT2D eigenvalue weighted by Gasteiger charge is -2.14. The Morgan fingerprint density at radius 3 is 2.65 bits per heavy atom. The summed E-state index contributed by atoms with van der Waals surface area (Å²) < 4.78 is 10.3. The molecule has 0 radical (unpaired) electrons. The van der Waals surface area contributed by atoms with Crippen LogP contribution in [0.1, 0.15) is 36.2 Å². The molecule has 0 heterocycles. The van der Waals surface area contributed by atoms with E-state index in [9.17, 15) is 9.59 Å². The van der Waals surface area contributed by atoms with Crippen LogP contribution in [0.3, 0.4) is 0 Å². The lowest BCUT2D eigenvalue weighted by atomic mass is 10.1. The average Bonchev–Trinajstić information content (AvgIpc) is 2.44. The van der Waals surface area contributed by atoms with Gasteiger partial charge in [0.2, 0.25) is 0 Å². The highest BCUT2D eigenvalue weighted by Crippen LogP contribution is 2.19. The van der Waals surface area contributed by atoms with Crippen LogP contribution in [0.15, 0.2) is 18.2 Å². The van der Waals surface area contributed by atoms with E-state index in [-0.39, 0.29) is 5.91 Å². The molecule has 1 atom stereocenters. The van der Waals surface area contributed by atoms with Gasteiger partial charge in [0.15, 0.2) is 6.10 Å². The fourth-order valence-electron chi connectivity index (χ4n) is 1.62. The van der Waals surface area contributed by atoms with Crippen molar-refractivity contribution in [2.75, 3.05) is 13.7 Å². The highest BCUT2D eigenvalue weighted by Gasteiger charge is 2.19. The van der Waals surface area contributed by atoms with Crippen molar-refractivity contribution in [3.8, 4) is 5.75 Å². The van der Waals surface area contributed by atoms with E-state index in [0.717, 1.165) is 12.0 Å². The summed E-state index contributed by atoms with van der Waals surface area (Å²) >= 11 is 0. The number of aryl methyl sites for hydroxylation is 1. The number of methoxy groups -OCH3 is 1. The predicted molar refractivity (Wildman–Crippen MR) is 75.9 cm³/mol. The molecule has 20 heavy (non-hydrogen) atoms. The number of ether oxygens (including phenoxy) is 2. The molecular formula is C15H21NO4. The van der Waals surface area contributed by atoms with Crippen molar-refractivity contribution in [3.05, 3.63) is 29.3 Å². The molecule has 1 unspecified atom stereocenters. The molecule has 0 aliphatic carbocycles. The molecule has 0 aliphatic rings. The number of carbonyl (C=O) groups excluding carboxylic acids is 2. The van der Waals surface area contributed by atoms with E-state index >= 15 is 0 Å². The van der Waals surface area contributed by atoms with Crippen LogP contribution in [0, 0.1) is 6.92 Å². The molecule has 1 N–H and O–H groups in total. The van der Waals surface area contributed by atoms with Crippen molar-refractivity contribution in [2.45, 2.75) is 33.3 Å². The molecule has 1 aromatic carbocycles. The molecule has 0 bridgehead atoms. The lowest BCUT2D eigenvalue weighted by molar-refractivity contribution is -0.129. The molecule has 1 amide bonds. The molecular weight excluding hydrogens is 258 g/mol. The SMILES string of the molecule is CCCNC(=O)C(C)OC(=O)c1ccc(C)c(OC)c1. The number of amides is 1. The Labute approximate surface area is 119 Å². The van der Waals surface area contributed by atoms with Crippen molar-refractivity contribution in [3.63, 3.8) is 0 Å². The Morgan fingerprint density at radius 2 is 2.05 bits per heavy atom. The summed E-state index contributed by atoms with van der Waals surface area (Å²) in [5.74, 6) is -0.218. The van der Waals surface area contributed by atoms with Crippen LogP contribution in [0.5, 0.6) is 5.75 Å². The maximum Gasteiger partial charge on any atom is 0.339 e. The zero-order valence-electron chi connectivity index (χ0n) is 12.4. The van der Waals surface area contributed by atoms with E-state index in [2.05, 4.69) is 5.32 Å². The fraction of sp³-hybridized carbons (Fsp3) is 0.467. The topological polar surface area (TPSA) is 64.6 Å². The summed E-state index contributed by atoms with van der Waals surface area (Å²) in [7, 11) is 1.54. The average molecular weight is 279 g/mol. The standard InChI is InChI=1S/C15H21NO4/c1-5-8-16-14(17)11(3)20-15(18)12-7-6-10(2)13(9-12)19-4/h6-7,9,11H,5,8H2,1-4H3,(H,16,17). The van der Waals surface area contributed by atoms with Crippen molar-refractivity contribution < 1.29 is 19.1 Å². The first-order chi connectivity index (χ1) is 9.49. The Balaban J connectivity index is 2.69. The summed E-state index contributed by atoms with van der Waals surface area (Å²) in [4.78, 5) is 23.6. The highest BCUT2D eigenvalue weighted by molar-refractivity contribution is 5.92. The Kier molecular flexibility index (Phi) is 6.03. The minimum atomic E-state index is -0.818. The molecule has 1 rings (SSSR count). The molecule has 0 saturated carbocycles. The van der Waals surface area contributed by atoms with Crippen LogP contribution in [0.25, 0.3) is 0 Å². The first-order valence-corrected chi connectivity index (χ1v) is 6.63. The van der Waals surface area contributed by atoms with Crippen molar-refractivity contribution >= 4 is 11.9 Å². The number of benzene rings is 1. The van der Waals surface area contributed by atoms with E-state index in [0.29, 0.717) is 17.9 Å². The number of hydrogen-bond donors (Lipinski definition) is 1. The van der Waals surface area contributed by atoms with Crippen LogP contribution >= 0.6 is 0 Å². The Bertz CT molecular complexity index is 485. The molecule has 0 aromatic heterocycles. The van der Waals surface area contributed by atoms with Gasteiger partial charge in [0, 0.05) is 6.54 Å². The van der Waals surface area contributed by atoms with Crippen LogP contribution < -0.4 is 10.1 Å². The van der Waals surface area contributed by atoms with Gasteiger partial charge in [-0.05, 0) is 38.0 Å². The highest BCUT2D eigenvalue weighted by atomic mass is 16.5. The van der Waals surface area contributed by atoms with Crippen LogP contribution in [-0.4, -0.2) is 31.6 Å². The van der Waals surface area contributed by atoms with E-state index in [1.807, 2.05) is 13.8 Å². The van der Waals surface area contributed by atoms with Gasteiger partial charge in [-0.2, -0.15) is 0 Å². The van der Waals surface area contributed by atoms with E-state index in [1.54, 1.807) is 25.1 Å². The van der Waals surface area contributed by atoms with E-state index < -0.39 is 12.1 Å². The van der Waals surface area contributed by atoms with Gasteiger partial charge < -0.3 is 14.8 Å². The van der Waals surface area contributed by atoms with Crippen molar-refractivity contribution in [1.29, 1.82) is 0 Å². The van der Waals surface area contributed by atoms with E-state index in [1.165, 1.54) is 7.11 Å². The number of nitrogens with one attached hydrogen (secondary N) is 1. The van der Waals surface area contributed by atoms with Gasteiger partial charge in [0.05, 0.1) is 12.7 Å². The zero-order valence-corrected chi connectivity index (χ0v) is 12.4. The minimum absolute atomic E-state index is 0.292. The fourth-order valence-corrected chi connectivity index (χ4v) is 1.62. The van der Waals surface area contributed by atoms with Crippen LogP contribution in [-0.2, 0) is 9.53 Å². The van der Waals surface area contributed by atoms with Crippen LogP contribution in [0.2, 0.25) is 0 Å². The summed E-state index contributed by atoms with van der Waals surface area (Å²) in [6.45, 7) is 5.96. The predicted octanol–water partition coefficient (Wildman–Crippen LogP) is 2.08. The van der Waals surface area contributed by atoms with Gasteiger partial charge >= 0.3 is 5.97 Å². The van der Waals surface area contributed by atoms with Crippen molar-refractivity contribution in [1.82, 2.24) is 5.32 Å². The zero-order chi connectivity index (χ0) is 15.1. The van der Waals surface area contributed by atoms with Gasteiger partial charge in [0.1, 0.15) is 5.75 Å². The largest absolute Gasteiger partial charge is 0.496 e. The molecule has 0 saturated heterocycles. The van der Waals surface area contributed by atoms with Gasteiger partial charge in [0.25, 0.3) is 5.91 Å². The molecule has 5 heteroatoms. The summed E-state index contributed by atoms with van der Waals surface area (Å²) in [5, 5.41) is 2.68. The molecule has 1 aromatic rings. The molecule has 5 nitrogen and oxygen atoms in total. The summed E-state index contributed by atoms with van der Waals surface area (Å²) in [6.07, 6.45) is 0.0167.